The fourth-order valence-corrected chi connectivity index (χ4v) is 3.73. The van der Waals surface area contributed by atoms with Crippen LogP contribution < -0.4 is 5.73 Å². The molecule has 1 aliphatic carbocycles. The third-order valence-corrected chi connectivity index (χ3v) is 5.43. The molecule has 2 fully saturated rings. The van der Waals surface area contributed by atoms with Crippen LogP contribution in [0.1, 0.15) is 51.9 Å². The number of carbonyl (C=O) groups is 2. The molecule has 1 saturated carbocycles. The third-order valence-electron chi connectivity index (χ3n) is 5.43. The van der Waals surface area contributed by atoms with Crippen LogP contribution in [0.2, 0.25) is 0 Å². The quantitative estimate of drug-likeness (QED) is 0.820. The zero-order chi connectivity index (χ0) is 14.8. The fraction of sp³-hybridized carbons (Fsp3) is 0.867. The van der Waals surface area contributed by atoms with E-state index in [0.29, 0.717) is 32.5 Å². The minimum absolute atomic E-state index is 0.0938. The molecule has 2 rings (SSSR count). The van der Waals surface area contributed by atoms with Gasteiger partial charge in [0.25, 0.3) is 0 Å². The van der Waals surface area contributed by atoms with Crippen LogP contribution in [0.3, 0.4) is 0 Å². The number of hydrogen-bond acceptors (Lipinski definition) is 3. The molecule has 114 valence electrons. The van der Waals surface area contributed by atoms with E-state index in [2.05, 4.69) is 0 Å². The summed E-state index contributed by atoms with van der Waals surface area (Å²) in [6.07, 6.45) is 6.11. The molecular weight excluding hydrogens is 256 g/mol. The Bertz CT molecular complexity index is 391. The van der Waals surface area contributed by atoms with Crippen LogP contribution in [-0.2, 0) is 9.59 Å². The van der Waals surface area contributed by atoms with Gasteiger partial charge in [-0.3, -0.25) is 9.59 Å². The maximum atomic E-state index is 12.8. The first kappa shape index (κ1) is 15.3. The summed E-state index contributed by atoms with van der Waals surface area (Å²) in [7, 11) is 0. The van der Waals surface area contributed by atoms with Crippen LogP contribution in [-0.4, -0.2) is 41.5 Å². The average molecular weight is 282 g/mol. The van der Waals surface area contributed by atoms with Gasteiger partial charge >= 0.3 is 5.97 Å². The van der Waals surface area contributed by atoms with Crippen molar-refractivity contribution in [3.05, 3.63) is 0 Å². The number of carbonyl (C=O) groups excluding carboxylic acids is 1. The maximum absolute atomic E-state index is 12.8. The van der Waals surface area contributed by atoms with Crippen molar-refractivity contribution in [3.63, 3.8) is 0 Å². The summed E-state index contributed by atoms with van der Waals surface area (Å²) in [5.41, 5.74) is 4.72. The van der Waals surface area contributed by atoms with E-state index in [-0.39, 0.29) is 5.91 Å². The number of carboxylic acids is 1. The molecule has 0 aromatic rings. The van der Waals surface area contributed by atoms with Crippen LogP contribution in [0.15, 0.2) is 0 Å². The van der Waals surface area contributed by atoms with Crippen LogP contribution in [0.5, 0.6) is 0 Å². The summed E-state index contributed by atoms with van der Waals surface area (Å²) in [5.74, 6) is -0.683. The van der Waals surface area contributed by atoms with E-state index >= 15 is 0 Å². The highest BCUT2D eigenvalue weighted by atomic mass is 16.4. The molecular formula is C15H26N2O3. The van der Waals surface area contributed by atoms with Crippen molar-refractivity contribution in [2.24, 2.45) is 16.6 Å². The predicted molar refractivity (Wildman–Crippen MR) is 76.1 cm³/mol. The van der Waals surface area contributed by atoms with Gasteiger partial charge in [-0.05, 0) is 25.7 Å². The molecule has 3 N–H and O–H groups in total. The molecule has 5 nitrogen and oxygen atoms in total. The first-order chi connectivity index (χ1) is 9.49. The van der Waals surface area contributed by atoms with Gasteiger partial charge in [0.15, 0.2) is 0 Å². The van der Waals surface area contributed by atoms with Gasteiger partial charge in [-0.1, -0.05) is 26.2 Å². The number of carboxylic acid groups (broad SMARTS) is 1. The molecule has 1 saturated heterocycles. The second-order valence-electron chi connectivity index (χ2n) is 6.46. The molecule has 2 aliphatic rings. The summed E-state index contributed by atoms with van der Waals surface area (Å²) in [6.45, 7) is 3.18. The van der Waals surface area contributed by atoms with Gasteiger partial charge in [-0.25, -0.2) is 0 Å². The Morgan fingerprint density at radius 1 is 1.15 bits per heavy atom. The summed E-state index contributed by atoms with van der Waals surface area (Å²) >= 11 is 0. The molecule has 0 aromatic carbocycles. The minimum Gasteiger partial charge on any atom is -0.481 e. The highest BCUT2D eigenvalue weighted by Gasteiger charge is 2.49. The van der Waals surface area contributed by atoms with Crippen molar-refractivity contribution in [3.8, 4) is 0 Å². The SMILES string of the molecule is CCC1(C(=O)O)CCN(C(=O)C2(CN)CCCCC2)C1. The summed E-state index contributed by atoms with van der Waals surface area (Å²) in [6, 6.07) is 0. The van der Waals surface area contributed by atoms with Gasteiger partial charge < -0.3 is 15.7 Å². The van der Waals surface area contributed by atoms with Crippen molar-refractivity contribution in [1.29, 1.82) is 0 Å². The molecule has 1 aliphatic heterocycles. The second-order valence-corrected chi connectivity index (χ2v) is 6.46. The zero-order valence-corrected chi connectivity index (χ0v) is 12.4. The van der Waals surface area contributed by atoms with E-state index in [9.17, 15) is 14.7 Å². The Balaban J connectivity index is 2.12. The molecule has 1 heterocycles. The van der Waals surface area contributed by atoms with E-state index < -0.39 is 16.8 Å². The Hall–Kier alpha value is -1.10. The lowest BCUT2D eigenvalue weighted by Gasteiger charge is -2.38. The monoisotopic (exact) mass is 282 g/mol. The first-order valence-corrected chi connectivity index (χ1v) is 7.72. The molecule has 5 heteroatoms. The van der Waals surface area contributed by atoms with Gasteiger partial charge in [0.2, 0.25) is 5.91 Å². The van der Waals surface area contributed by atoms with E-state index in [1.165, 1.54) is 6.42 Å². The van der Waals surface area contributed by atoms with Gasteiger partial charge in [0.05, 0.1) is 10.8 Å². The van der Waals surface area contributed by atoms with Crippen LogP contribution in [0, 0.1) is 10.8 Å². The van der Waals surface area contributed by atoms with Crippen molar-refractivity contribution >= 4 is 11.9 Å². The number of nitrogens with two attached hydrogens (primary N) is 1. The lowest BCUT2D eigenvalue weighted by atomic mass is 9.73. The lowest BCUT2D eigenvalue weighted by Crippen LogP contribution is -2.49. The van der Waals surface area contributed by atoms with E-state index in [0.717, 1.165) is 25.7 Å². The summed E-state index contributed by atoms with van der Waals surface area (Å²) < 4.78 is 0. The molecule has 1 amide bonds. The topological polar surface area (TPSA) is 83.6 Å². The van der Waals surface area contributed by atoms with Crippen molar-refractivity contribution in [2.45, 2.75) is 51.9 Å². The van der Waals surface area contributed by atoms with Crippen molar-refractivity contribution in [2.75, 3.05) is 19.6 Å². The maximum Gasteiger partial charge on any atom is 0.311 e. The van der Waals surface area contributed by atoms with Crippen molar-refractivity contribution < 1.29 is 14.7 Å². The Labute approximate surface area is 120 Å². The number of rotatable bonds is 4. The zero-order valence-electron chi connectivity index (χ0n) is 12.4. The van der Waals surface area contributed by atoms with Gasteiger partial charge in [-0.15, -0.1) is 0 Å². The highest BCUT2D eigenvalue weighted by Crippen LogP contribution is 2.41. The minimum atomic E-state index is -0.777. The largest absolute Gasteiger partial charge is 0.481 e. The number of hydrogen-bond donors (Lipinski definition) is 2. The molecule has 0 bridgehead atoms. The Morgan fingerprint density at radius 2 is 1.80 bits per heavy atom. The van der Waals surface area contributed by atoms with Crippen LogP contribution >= 0.6 is 0 Å². The predicted octanol–water partition coefficient (Wildman–Crippen LogP) is 1.61. The van der Waals surface area contributed by atoms with E-state index in [1.807, 2.05) is 6.92 Å². The molecule has 0 aromatic heterocycles. The lowest BCUT2D eigenvalue weighted by molar-refractivity contribution is -0.149. The highest BCUT2D eigenvalue weighted by molar-refractivity contribution is 5.85. The Morgan fingerprint density at radius 3 is 2.25 bits per heavy atom. The van der Waals surface area contributed by atoms with Gasteiger partial charge in [0.1, 0.15) is 0 Å². The summed E-state index contributed by atoms with van der Waals surface area (Å²) in [5, 5.41) is 9.43. The van der Waals surface area contributed by atoms with E-state index in [4.69, 9.17) is 5.73 Å². The summed E-state index contributed by atoms with van der Waals surface area (Å²) in [4.78, 5) is 26.1. The first-order valence-electron chi connectivity index (χ1n) is 7.72. The standard InChI is InChI=1S/C15H26N2O3/c1-2-14(13(19)20)8-9-17(11-14)12(18)15(10-16)6-4-3-5-7-15/h2-11,16H2,1H3,(H,19,20). The van der Waals surface area contributed by atoms with Crippen LogP contribution in [0.25, 0.3) is 0 Å². The third kappa shape index (κ3) is 2.43. The number of aliphatic carboxylic acids is 1. The van der Waals surface area contributed by atoms with Gasteiger partial charge in [-0.2, -0.15) is 0 Å². The second kappa shape index (κ2) is 5.72. The normalized spacial score (nSPS) is 29.4. The van der Waals surface area contributed by atoms with Crippen LogP contribution in [0.4, 0.5) is 0 Å². The Kier molecular flexibility index (Phi) is 4.37. The molecule has 1 atom stereocenters. The van der Waals surface area contributed by atoms with Crippen molar-refractivity contribution in [1.82, 2.24) is 4.90 Å². The van der Waals surface area contributed by atoms with Gasteiger partial charge in [0, 0.05) is 19.6 Å². The number of amides is 1. The number of likely N-dealkylation sites (tertiary alicyclic amines) is 1. The molecule has 0 spiro atoms. The number of nitrogens with zero attached hydrogens (tertiary/aromatic N) is 1. The molecule has 1 unspecified atom stereocenters. The molecule has 0 radical (unpaired) electrons. The smallest absolute Gasteiger partial charge is 0.311 e. The fourth-order valence-electron chi connectivity index (χ4n) is 3.73. The van der Waals surface area contributed by atoms with E-state index in [1.54, 1.807) is 4.90 Å². The average Bonchev–Trinajstić information content (AvgIpc) is 2.93. The molecule has 20 heavy (non-hydrogen) atoms.